The number of aryl methyl sites for hydroxylation is 2. The molecule has 0 unspecified atom stereocenters. The summed E-state index contributed by atoms with van der Waals surface area (Å²) in [6, 6.07) is 1.71. The van der Waals surface area contributed by atoms with Crippen molar-refractivity contribution in [1.82, 2.24) is 24.2 Å². The minimum atomic E-state index is -4.61. The number of alkyl halides is 3. The Bertz CT molecular complexity index is 1030. The number of pyridine rings is 1. The fourth-order valence-corrected chi connectivity index (χ4v) is 5.79. The van der Waals surface area contributed by atoms with E-state index in [2.05, 4.69) is 19.9 Å². The van der Waals surface area contributed by atoms with Gasteiger partial charge in [-0.2, -0.15) is 17.5 Å². The molecule has 0 atom stereocenters. The van der Waals surface area contributed by atoms with Crippen molar-refractivity contribution < 1.29 is 21.6 Å². The van der Waals surface area contributed by atoms with E-state index < -0.39 is 21.9 Å². The molecule has 2 aromatic heterocycles. The van der Waals surface area contributed by atoms with Crippen molar-refractivity contribution in [3.05, 3.63) is 47.3 Å². The quantitative estimate of drug-likeness (QED) is 0.743. The van der Waals surface area contributed by atoms with E-state index in [-0.39, 0.29) is 16.0 Å². The normalized spacial score (nSPS) is 19.8. The Morgan fingerprint density at radius 2 is 1.69 bits per heavy atom. The first-order valence-electron chi connectivity index (χ1n) is 9.03. The Morgan fingerprint density at radius 3 is 2.24 bits per heavy atom. The third kappa shape index (κ3) is 3.74. The van der Waals surface area contributed by atoms with E-state index in [0.29, 0.717) is 31.5 Å². The topological polar surface area (TPSA) is 79.3 Å². The molecule has 1 spiro atoms. The molecule has 0 aromatic carbocycles. The highest BCUT2D eigenvalue weighted by Gasteiger charge is 2.55. The standard InChI is InChI=1S/C18H20F3N5O2S/c1-12-15(3-4-16(24-12)18(19,20)21)29(27,28)26-10-17(11-26)8-25(9-17)7-14-5-22-13(2)23-6-14/h3-6H,7-11H2,1-2H3. The number of nitrogens with zero attached hydrogens (tertiary/aromatic N) is 5. The number of hydrogen-bond acceptors (Lipinski definition) is 6. The summed E-state index contributed by atoms with van der Waals surface area (Å²) in [6.45, 7) is 6.05. The van der Waals surface area contributed by atoms with Gasteiger partial charge in [-0.15, -0.1) is 0 Å². The van der Waals surface area contributed by atoms with Crippen LogP contribution in [0.2, 0.25) is 0 Å². The Kier molecular flexibility index (Phi) is 4.67. The van der Waals surface area contributed by atoms with Crippen LogP contribution >= 0.6 is 0 Å². The van der Waals surface area contributed by atoms with Crippen LogP contribution in [0.1, 0.15) is 22.8 Å². The van der Waals surface area contributed by atoms with Gasteiger partial charge >= 0.3 is 6.18 Å². The van der Waals surface area contributed by atoms with Gasteiger partial charge in [-0.3, -0.25) is 4.90 Å². The molecule has 0 aliphatic carbocycles. The van der Waals surface area contributed by atoms with Crippen LogP contribution in [-0.2, 0) is 22.7 Å². The Hall–Kier alpha value is -2.11. The lowest BCUT2D eigenvalue weighted by Crippen LogP contribution is -2.72. The Morgan fingerprint density at radius 1 is 1.07 bits per heavy atom. The Labute approximate surface area is 166 Å². The van der Waals surface area contributed by atoms with E-state index in [4.69, 9.17) is 0 Å². The van der Waals surface area contributed by atoms with Crippen molar-refractivity contribution in [2.24, 2.45) is 5.41 Å². The lowest BCUT2D eigenvalue weighted by molar-refractivity contribution is -0.141. The van der Waals surface area contributed by atoms with Crippen LogP contribution in [0.5, 0.6) is 0 Å². The molecule has 156 valence electrons. The van der Waals surface area contributed by atoms with Crippen LogP contribution in [0.25, 0.3) is 0 Å². The summed E-state index contributed by atoms with van der Waals surface area (Å²) >= 11 is 0. The predicted molar refractivity (Wildman–Crippen MR) is 97.2 cm³/mol. The highest BCUT2D eigenvalue weighted by Crippen LogP contribution is 2.43. The first kappa shape index (κ1) is 20.2. The van der Waals surface area contributed by atoms with Gasteiger partial charge in [0, 0.05) is 56.1 Å². The van der Waals surface area contributed by atoms with Crippen molar-refractivity contribution in [3.8, 4) is 0 Å². The van der Waals surface area contributed by atoms with E-state index in [1.165, 1.54) is 11.2 Å². The van der Waals surface area contributed by atoms with E-state index in [9.17, 15) is 21.6 Å². The number of likely N-dealkylation sites (tertiary alicyclic amines) is 1. The zero-order valence-corrected chi connectivity index (χ0v) is 16.8. The van der Waals surface area contributed by atoms with Crippen LogP contribution in [0, 0.1) is 19.3 Å². The van der Waals surface area contributed by atoms with Gasteiger partial charge in [0.05, 0.1) is 5.69 Å². The van der Waals surface area contributed by atoms with Gasteiger partial charge in [0.1, 0.15) is 16.4 Å². The van der Waals surface area contributed by atoms with Gasteiger partial charge in [-0.25, -0.2) is 23.4 Å². The van der Waals surface area contributed by atoms with E-state index in [0.717, 1.165) is 24.7 Å². The molecule has 2 aliphatic heterocycles. The third-order valence-electron chi connectivity index (χ3n) is 5.33. The van der Waals surface area contributed by atoms with Crippen molar-refractivity contribution in [1.29, 1.82) is 0 Å². The van der Waals surface area contributed by atoms with Gasteiger partial charge < -0.3 is 0 Å². The van der Waals surface area contributed by atoms with Gasteiger partial charge in [0.25, 0.3) is 0 Å². The number of sulfonamides is 1. The van der Waals surface area contributed by atoms with Crippen LogP contribution in [-0.4, -0.2) is 58.8 Å². The molecule has 2 aliphatic rings. The average molecular weight is 427 g/mol. The Balaban J connectivity index is 1.38. The predicted octanol–water partition coefficient (Wildman–Crippen LogP) is 2.01. The van der Waals surface area contributed by atoms with Crippen LogP contribution in [0.3, 0.4) is 0 Å². The molecule has 0 saturated carbocycles. The largest absolute Gasteiger partial charge is 0.433 e. The summed E-state index contributed by atoms with van der Waals surface area (Å²) in [5.41, 5.74) is -0.328. The fraction of sp³-hybridized carbons (Fsp3) is 0.500. The van der Waals surface area contributed by atoms with Crippen molar-refractivity contribution in [2.45, 2.75) is 31.5 Å². The van der Waals surface area contributed by atoms with Crippen molar-refractivity contribution in [3.63, 3.8) is 0 Å². The molecular weight excluding hydrogens is 407 g/mol. The first-order valence-corrected chi connectivity index (χ1v) is 10.5. The maximum Gasteiger partial charge on any atom is 0.433 e. The molecule has 0 N–H and O–H groups in total. The monoisotopic (exact) mass is 427 g/mol. The fourth-order valence-electron chi connectivity index (χ4n) is 3.96. The molecule has 4 rings (SSSR count). The van der Waals surface area contributed by atoms with Gasteiger partial charge in [0.2, 0.25) is 10.0 Å². The molecule has 7 nitrogen and oxygen atoms in total. The number of aromatic nitrogens is 3. The van der Waals surface area contributed by atoms with Crippen LogP contribution < -0.4 is 0 Å². The number of hydrogen-bond donors (Lipinski definition) is 0. The van der Waals surface area contributed by atoms with Crippen LogP contribution in [0.15, 0.2) is 29.4 Å². The second-order valence-electron chi connectivity index (χ2n) is 7.83. The summed E-state index contributed by atoms with van der Waals surface area (Å²) in [4.78, 5) is 13.8. The highest BCUT2D eigenvalue weighted by atomic mass is 32.2. The lowest BCUT2D eigenvalue weighted by Gasteiger charge is -2.59. The third-order valence-corrected chi connectivity index (χ3v) is 7.25. The average Bonchev–Trinajstić information content (AvgIpc) is 2.56. The molecule has 2 saturated heterocycles. The molecule has 0 amide bonds. The summed E-state index contributed by atoms with van der Waals surface area (Å²) in [6.07, 6.45) is -1.04. The molecular formula is C18H20F3N5O2S. The SMILES string of the molecule is Cc1ncc(CN2CC3(C2)CN(S(=O)(=O)c2ccc(C(F)(F)F)nc2C)C3)cn1. The second kappa shape index (κ2) is 6.71. The molecule has 2 fully saturated rings. The summed E-state index contributed by atoms with van der Waals surface area (Å²) in [5.74, 6) is 0.710. The van der Waals surface area contributed by atoms with E-state index in [1.54, 1.807) is 12.4 Å². The molecule has 0 bridgehead atoms. The van der Waals surface area contributed by atoms with Crippen molar-refractivity contribution >= 4 is 10.0 Å². The molecule has 29 heavy (non-hydrogen) atoms. The highest BCUT2D eigenvalue weighted by molar-refractivity contribution is 7.89. The molecule has 2 aromatic rings. The maximum atomic E-state index is 12.8. The summed E-state index contributed by atoms with van der Waals surface area (Å²) in [7, 11) is -3.86. The van der Waals surface area contributed by atoms with E-state index in [1.807, 2.05) is 6.92 Å². The molecule has 11 heteroatoms. The second-order valence-corrected chi connectivity index (χ2v) is 9.74. The number of halogens is 3. The van der Waals surface area contributed by atoms with Crippen molar-refractivity contribution in [2.75, 3.05) is 26.2 Å². The van der Waals surface area contributed by atoms with Crippen LogP contribution in [0.4, 0.5) is 13.2 Å². The smallest absolute Gasteiger partial charge is 0.298 e. The van der Waals surface area contributed by atoms with E-state index >= 15 is 0 Å². The minimum absolute atomic E-state index is 0.0914. The summed E-state index contributed by atoms with van der Waals surface area (Å²) < 4.78 is 65.2. The minimum Gasteiger partial charge on any atom is -0.298 e. The zero-order chi connectivity index (χ0) is 21.0. The van der Waals surface area contributed by atoms with Gasteiger partial charge in [0.15, 0.2) is 0 Å². The lowest BCUT2D eigenvalue weighted by atomic mass is 9.74. The molecule has 0 radical (unpaired) electrons. The maximum absolute atomic E-state index is 12.8. The van der Waals surface area contributed by atoms with Gasteiger partial charge in [-0.05, 0) is 26.0 Å². The zero-order valence-electron chi connectivity index (χ0n) is 15.9. The first-order chi connectivity index (χ1) is 13.5. The van der Waals surface area contributed by atoms with Gasteiger partial charge in [-0.1, -0.05) is 0 Å². The number of rotatable bonds is 4. The molecule has 4 heterocycles. The summed E-state index contributed by atoms with van der Waals surface area (Å²) in [5, 5.41) is 0.